The second-order valence-electron chi connectivity index (χ2n) is 6.29. The standard InChI is InChI=1S/C23H24N4/c1-6-9-15(4)18(7-2)16(5)12-19-20(8-3)26-27-23(19)22-13-17-14-24-11-10-21(17)25-22/h6-14,25-26H,1,5H2,2-4H3/b15-9-,18-7+,19-12+,20-8+. The van der Waals surface area contributed by atoms with E-state index in [1.165, 1.54) is 0 Å². The molecule has 0 atom stereocenters. The Morgan fingerprint density at radius 2 is 2.07 bits per heavy atom. The van der Waals surface area contributed by atoms with Crippen LogP contribution in [0.25, 0.3) is 34.4 Å². The van der Waals surface area contributed by atoms with Crippen molar-refractivity contribution in [2.45, 2.75) is 20.8 Å². The van der Waals surface area contributed by atoms with Crippen LogP contribution < -0.4 is 10.6 Å². The topological polar surface area (TPSA) is 57.4 Å². The summed E-state index contributed by atoms with van der Waals surface area (Å²) in [4.78, 5) is 7.61. The summed E-state index contributed by atoms with van der Waals surface area (Å²) in [5.41, 5.74) is 5.98. The third kappa shape index (κ3) is 3.60. The maximum atomic E-state index is 4.54. The Bertz CT molecular complexity index is 1150. The average molecular weight is 356 g/mol. The van der Waals surface area contributed by atoms with Crippen LogP contribution >= 0.6 is 0 Å². The smallest absolute Gasteiger partial charge is 0.116 e. The normalized spacial score (nSPS) is 14.2. The first-order chi connectivity index (χ1) is 13.1. The average Bonchev–Trinajstić information content (AvgIpc) is 3.25. The van der Waals surface area contributed by atoms with Gasteiger partial charge in [0.25, 0.3) is 0 Å². The number of hydrogen-bond acceptors (Lipinski definition) is 2. The molecule has 136 valence electrons. The summed E-state index contributed by atoms with van der Waals surface area (Å²) in [7, 11) is 0. The van der Waals surface area contributed by atoms with Crippen LogP contribution in [0.15, 0.2) is 72.6 Å². The first-order valence-electron chi connectivity index (χ1n) is 8.89. The molecule has 0 amide bonds. The lowest BCUT2D eigenvalue weighted by atomic mass is 9.98. The fraction of sp³-hybridized carbons (Fsp3) is 0.130. The van der Waals surface area contributed by atoms with E-state index in [0.717, 1.165) is 49.6 Å². The number of allylic oxidation sites excluding steroid dienone is 6. The van der Waals surface area contributed by atoms with E-state index in [1.807, 2.05) is 38.3 Å². The Morgan fingerprint density at radius 1 is 1.26 bits per heavy atom. The number of rotatable bonds is 5. The quantitative estimate of drug-likeness (QED) is 0.674. The molecule has 0 bridgehead atoms. The number of aromatic amines is 2. The van der Waals surface area contributed by atoms with Gasteiger partial charge in [0, 0.05) is 28.5 Å². The van der Waals surface area contributed by atoms with Gasteiger partial charge in [0.05, 0.1) is 11.0 Å². The number of pyridine rings is 1. The van der Waals surface area contributed by atoms with E-state index in [0.29, 0.717) is 0 Å². The third-order valence-corrected chi connectivity index (χ3v) is 4.54. The van der Waals surface area contributed by atoms with Gasteiger partial charge in [-0.1, -0.05) is 37.5 Å². The van der Waals surface area contributed by atoms with Gasteiger partial charge >= 0.3 is 0 Å². The van der Waals surface area contributed by atoms with Gasteiger partial charge in [0.15, 0.2) is 0 Å². The first kappa shape index (κ1) is 18.4. The highest BCUT2D eigenvalue weighted by atomic mass is 15.1. The number of H-pyrrole nitrogens is 2. The van der Waals surface area contributed by atoms with Crippen molar-refractivity contribution in [1.82, 2.24) is 20.2 Å². The van der Waals surface area contributed by atoms with Crippen molar-refractivity contribution in [2.75, 3.05) is 0 Å². The lowest BCUT2D eigenvalue weighted by molar-refractivity contribution is 1.06. The minimum Gasteiger partial charge on any atom is -0.353 e. The van der Waals surface area contributed by atoms with E-state index in [9.17, 15) is 0 Å². The monoisotopic (exact) mass is 356 g/mol. The van der Waals surface area contributed by atoms with Crippen molar-refractivity contribution in [2.24, 2.45) is 0 Å². The van der Waals surface area contributed by atoms with Crippen molar-refractivity contribution in [3.8, 4) is 11.4 Å². The van der Waals surface area contributed by atoms with Gasteiger partial charge in [0.2, 0.25) is 0 Å². The molecule has 2 N–H and O–H groups in total. The third-order valence-electron chi connectivity index (χ3n) is 4.54. The Balaban J connectivity index is 2.17. The van der Waals surface area contributed by atoms with E-state index >= 15 is 0 Å². The van der Waals surface area contributed by atoms with Gasteiger partial charge in [-0.05, 0) is 55.7 Å². The van der Waals surface area contributed by atoms with Gasteiger partial charge in [-0.15, -0.1) is 0 Å². The number of aromatic nitrogens is 4. The second kappa shape index (κ2) is 7.87. The Morgan fingerprint density at radius 3 is 2.74 bits per heavy atom. The van der Waals surface area contributed by atoms with Gasteiger partial charge in [-0.25, -0.2) is 0 Å². The minimum atomic E-state index is 0.862. The van der Waals surface area contributed by atoms with Crippen LogP contribution in [0.5, 0.6) is 0 Å². The number of nitrogens with zero attached hydrogens (tertiary/aromatic N) is 2. The molecule has 0 aliphatic carbocycles. The highest BCUT2D eigenvalue weighted by Crippen LogP contribution is 2.21. The van der Waals surface area contributed by atoms with Gasteiger partial charge in [0.1, 0.15) is 5.69 Å². The summed E-state index contributed by atoms with van der Waals surface area (Å²) < 4.78 is 0. The van der Waals surface area contributed by atoms with E-state index < -0.39 is 0 Å². The lowest BCUT2D eigenvalue weighted by Gasteiger charge is -2.07. The highest BCUT2D eigenvalue weighted by Gasteiger charge is 2.10. The van der Waals surface area contributed by atoms with E-state index in [2.05, 4.69) is 58.5 Å². The van der Waals surface area contributed by atoms with Crippen molar-refractivity contribution < 1.29 is 0 Å². The van der Waals surface area contributed by atoms with Crippen molar-refractivity contribution in [3.05, 3.63) is 83.2 Å². The molecule has 3 aromatic heterocycles. The molecule has 0 aliphatic heterocycles. The molecule has 0 saturated carbocycles. The molecule has 0 saturated heterocycles. The molecule has 4 heteroatoms. The highest BCUT2D eigenvalue weighted by molar-refractivity contribution is 5.84. The fourth-order valence-corrected chi connectivity index (χ4v) is 3.22. The Labute approximate surface area is 159 Å². The zero-order valence-corrected chi connectivity index (χ0v) is 16.0. The molecule has 4 nitrogen and oxygen atoms in total. The van der Waals surface area contributed by atoms with Crippen LogP contribution in [-0.4, -0.2) is 20.2 Å². The first-order valence-corrected chi connectivity index (χ1v) is 8.89. The van der Waals surface area contributed by atoms with E-state index in [1.54, 1.807) is 12.3 Å². The summed E-state index contributed by atoms with van der Waals surface area (Å²) in [5, 5.41) is 10.7. The molecule has 3 aromatic rings. The predicted molar refractivity (Wildman–Crippen MR) is 114 cm³/mol. The predicted octanol–water partition coefficient (Wildman–Crippen LogP) is 4.17. The summed E-state index contributed by atoms with van der Waals surface area (Å²) in [6.07, 6.45) is 13.6. The maximum Gasteiger partial charge on any atom is 0.116 e. The minimum absolute atomic E-state index is 0.862. The molecular weight excluding hydrogens is 332 g/mol. The zero-order valence-electron chi connectivity index (χ0n) is 16.0. The van der Waals surface area contributed by atoms with Crippen molar-refractivity contribution in [3.63, 3.8) is 0 Å². The molecule has 0 fully saturated rings. The van der Waals surface area contributed by atoms with Crippen LogP contribution in [0.2, 0.25) is 0 Å². The van der Waals surface area contributed by atoms with Crippen LogP contribution in [-0.2, 0) is 0 Å². The molecule has 0 spiro atoms. The molecule has 3 heterocycles. The van der Waals surface area contributed by atoms with E-state index in [4.69, 9.17) is 0 Å². The van der Waals surface area contributed by atoms with Crippen LogP contribution in [0, 0.1) is 0 Å². The number of hydrogen-bond donors (Lipinski definition) is 2. The number of fused-ring (bicyclic) bond motifs is 1. The molecule has 3 rings (SSSR count). The van der Waals surface area contributed by atoms with Gasteiger partial charge < -0.3 is 4.98 Å². The molecule has 27 heavy (non-hydrogen) atoms. The van der Waals surface area contributed by atoms with E-state index in [-0.39, 0.29) is 0 Å². The maximum absolute atomic E-state index is 4.54. The summed E-state index contributed by atoms with van der Waals surface area (Å²) in [6.45, 7) is 14.1. The van der Waals surface area contributed by atoms with Crippen LogP contribution in [0.1, 0.15) is 20.8 Å². The molecule has 0 aliphatic rings. The zero-order chi connectivity index (χ0) is 19.4. The summed E-state index contributed by atoms with van der Waals surface area (Å²) >= 11 is 0. The Kier molecular flexibility index (Phi) is 5.36. The Hall–Kier alpha value is -3.40. The summed E-state index contributed by atoms with van der Waals surface area (Å²) in [5.74, 6) is 0. The van der Waals surface area contributed by atoms with Gasteiger partial charge in [-0.3, -0.25) is 10.1 Å². The second-order valence-corrected chi connectivity index (χ2v) is 6.29. The molecule has 0 aromatic carbocycles. The van der Waals surface area contributed by atoms with Crippen LogP contribution in [0.4, 0.5) is 0 Å². The lowest BCUT2D eigenvalue weighted by Crippen LogP contribution is -2.23. The molecular formula is C23H24N4. The van der Waals surface area contributed by atoms with Crippen molar-refractivity contribution >= 4 is 23.1 Å². The SMILES string of the molecule is C=C/C=C(C)\C(=C/C)C(=C)/C=c1/c(-c2cc3cnccc3[nH]2)n[nH]/c1=C/C. The number of nitrogens with one attached hydrogen (secondary N) is 2. The summed E-state index contributed by atoms with van der Waals surface area (Å²) in [6, 6.07) is 4.03. The van der Waals surface area contributed by atoms with Crippen molar-refractivity contribution in [1.29, 1.82) is 0 Å². The van der Waals surface area contributed by atoms with Gasteiger partial charge in [-0.2, -0.15) is 5.10 Å². The molecule has 0 unspecified atom stereocenters. The fourth-order valence-electron chi connectivity index (χ4n) is 3.22. The largest absolute Gasteiger partial charge is 0.353 e. The van der Waals surface area contributed by atoms with Crippen LogP contribution in [0.3, 0.4) is 0 Å². The molecule has 0 radical (unpaired) electrons.